The third-order valence-corrected chi connectivity index (χ3v) is 4.22. The normalized spacial score (nSPS) is 28.6. The molecule has 2 nitrogen and oxygen atoms in total. The smallest absolute Gasteiger partial charge is 0.0303 e. The van der Waals surface area contributed by atoms with Gasteiger partial charge in [-0.3, -0.25) is 4.90 Å². The Hall–Kier alpha value is -0.0800. The first-order valence-corrected chi connectivity index (χ1v) is 6.62. The van der Waals surface area contributed by atoms with E-state index in [0.29, 0.717) is 5.54 Å². The first kappa shape index (κ1) is 13.0. The van der Waals surface area contributed by atoms with E-state index in [-0.39, 0.29) is 0 Å². The van der Waals surface area contributed by atoms with Crippen molar-refractivity contribution in [2.45, 2.75) is 52.5 Å². The predicted octanol–water partition coefficient (Wildman–Crippen LogP) is 2.50. The Morgan fingerprint density at radius 1 is 1.27 bits per heavy atom. The van der Waals surface area contributed by atoms with Crippen molar-refractivity contribution in [1.29, 1.82) is 0 Å². The molecular weight excluding hydrogens is 184 g/mol. The van der Waals surface area contributed by atoms with Crippen LogP contribution < -0.4 is 5.32 Å². The summed E-state index contributed by atoms with van der Waals surface area (Å²) in [6.07, 6.45) is 3.89. The summed E-state index contributed by atoms with van der Waals surface area (Å²) in [5.41, 5.74) is 0.390. The Bertz CT molecular complexity index is 177. The fraction of sp³-hybridized carbons (Fsp3) is 1.00. The first-order chi connectivity index (χ1) is 7.16. The highest BCUT2D eigenvalue weighted by Gasteiger charge is 2.33. The highest BCUT2D eigenvalue weighted by atomic mass is 15.3. The van der Waals surface area contributed by atoms with Crippen molar-refractivity contribution in [3.8, 4) is 0 Å². The van der Waals surface area contributed by atoms with E-state index in [2.05, 4.69) is 37.9 Å². The molecular formula is C13H28N2. The minimum Gasteiger partial charge on any atom is -0.314 e. The van der Waals surface area contributed by atoms with Gasteiger partial charge in [-0.2, -0.15) is 0 Å². The fourth-order valence-corrected chi connectivity index (χ4v) is 2.47. The molecule has 0 aromatic rings. The summed E-state index contributed by atoms with van der Waals surface area (Å²) in [7, 11) is 0. The van der Waals surface area contributed by atoms with Gasteiger partial charge in [-0.25, -0.2) is 0 Å². The van der Waals surface area contributed by atoms with E-state index >= 15 is 0 Å². The molecule has 15 heavy (non-hydrogen) atoms. The molecule has 1 aliphatic heterocycles. The molecule has 1 atom stereocenters. The molecule has 0 aliphatic carbocycles. The Morgan fingerprint density at radius 3 is 2.47 bits per heavy atom. The summed E-state index contributed by atoms with van der Waals surface area (Å²) in [4.78, 5) is 2.71. The molecule has 0 aromatic heterocycles. The maximum atomic E-state index is 3.52. The van der Waals surface area contributed by atoms with Gasteiger partial charge in [0.1, 0.15) is 0 Å². The van der Waals surface area contributed by atoms with Crippen LogP contribution in [0.25, 0.3) is 0 Å². The van der Waals surface area contributed by atoms with E-state index in [4.69, 9.17) is 0 Å². The van der Waals surface area contributed by atoms with Crippen molar-refractivity contribution in [1.82, 2.24) is 10.2 Å². The van der Waals surface area contributed by atoms with Crippen LogP contribution in [0.2, 0.25) is 0 Å². The van der Waals surface area contributed by atoms with Gasteiger partial charge in [0.2, 0.25) is 0 Å². The van der Waals surface area contributed by atoms with Crippen LogP contribution in [0.3, 0.4) is 0 Å². The molecule has 1 aliphatic rings. The van der Waals surface area contributed by atoms with Gasteiger partial charge in [-0.05, 0) is 19.3 Å². The topological polar surface area (TPSA) is 15.3 Å². The third-order valence-electron chi connectivity index (χ3n) is 4.22. The molecule has 0 amide bonds. The van der Waals surface area contributed by atoms with Gasteiger partial charge in [-0.1, -0.05) is 33.6 Å². The minimum absolute atomic E-state index is 0.390. The van der Waals surface area contributed by atoms with Gasteiger partial charge in [0.05, 0.1) is 0 Å². The molecule has 1 rings (SSSR count). The molecule has 0 bridgehead atoms. The van der Waals surface area contributed by atoms with E-state index in [9.17, 15) is 0 Å². The van der Waals surface area contributed by atoms with Gasteiger partial charge < -0.3 is 5.32 Å². The van der Waals surface area contributed by atoms with E-state index in [1.165, 1.54) is 32.4 Å². The number of nitrogens with zero attached hydrogens (tertiary/aromatic N) is 1. The zero-order valence-corrected chi connectivity index (χ0v) is 11.0. The van der Waals surface area contributed by atoms with Crippen LogP contribution >= 0.6 is 0 Å². The molecule has 1 heterocycles. The van der Waals surface area contributed by atoms with Crippen LogP contribution in [-0.4, -0.2) is 36.6 Å². The van der Waals surface area contributed by atoms with Crippen molar-refractivity contribution < 1.29 is 0 Å². The summed E-state index contributed by atoms with van der Waals surface area (Å²) in [6.45, 7) is 14.2. The molecule has 0 spiro atoms. The van der Waals surface area contributed by atoms with E-state index in [1.807, 2.05) is 0 Å². The van der Waals surface area contributed by atoms with E-state index in [0.717, 1.165) is 19.0 Å². The summed E-state index contributed by atoms with van der Waals surface area (Å²) >= 11 is 0. The molecule has 0 radical (unpaired) electrons. The summed E-state index contributed by atoms with van der Waals surface area (Å²) in [6, 6.07) is 0. The Kier molecular flexibility index (Phi) is 5.07. The zero-order chi connectivity index (χ0) is 11.3. The summed E-state index contributed by atoms with van der Waals surface area (Å²) in [5, 5.41) is 3.52. The van der Waals surface area contributed by atoms with Crippen LogP contribution in [-0.2, 0) is 0 Å². The van der Waals surface area contributed by atoms with Gasteiger partial charge in [0.25, 0.3) is 0 Å². The second kappa shape index (κ2) is 5.86. The Balaban J connectivity index is 2.56. The number of piperazine rings is 1. The first-order valence-electron chi connectivity index (χ1n) is 6.62. The highest BCUT2D eigenvalue weighted by Crippen LogP contribution is 2.23. The number of hydrogen-bond acceptors (Lipinski definition) is 2. The molecule has 1 fully saturated rings. The second-order valence-electron chi connectivity index (χ2n) is 5.16. The van der Waals surface area contributed by atoms with E-state index in [1.54, 1.807) is 0 Å². The summed E-state index contributed by atoms with van der Waals surface area (Å²) in [5.74, 6) is 0.883. The van der Waals surface area contributed by atoms with Gasteiger partial charge in [-0.15, -0.1) is 0 Å². The van der Waals surface area contributed by atoms with Crippen LogP contribution in [0.15, 0.2) is 0 Å². The molecule has 2 heteroatoms. The van der Waals surface area contributed by atoms with E-state index < -0.39 is 0 Å². The Morgan fingerprint density at radius 2 is 1.93 bits per heavy atom. The highest BCUT2D eigenvalue weighted by molar-refractivity contribution is 4.91. The van der Waals surface area contributed by atoms with Crippen LogP contribution in [0.5, 0.6) is 0 Å². The van der Waals surface area contributed by atoms with Crippen molar-refractivity contribution in [2.75, 3.05) is 26.2 Å². The van der Waals surface area contributed by atoms with Crippen molar-refractivity contribution in [3.05, 3.63) is 0 Å². The Labute approximate surface area is 95.4 Å². The van der Waals surface area contributed by atoms with Crippen LogP contribution in [0.1, 0.15) is 47.0 Å². The van der Waals surface area contributed by atoms with Crippen molar-refractivity contribution >= 4 is 0 Å². The standard InChI is InChI=1S/C13H28N2/c1-5-12(6-2)10-15-9-8-14-11-13(15,4)7-3/h12,14H,5-11H2,1-4H3. The van der Waals surface area contributed by atoms with Gasteiger partial charge in [0, 0.05) is 31.7 Å². The quantitative estimate of drug-likeness (QED) is 0.753. The fourth-order valence-electron chi connectivity index (χ4n) is 2.47. The molecule has 0 aromatic carbocycles. The third kappa shape index (κ3) is 3.18. The average Bonchev–Trinajstić information content (AvgIpc) is 2.28. The lowest BCUT2D eigenvalue weighted by Gasteiger charge is -2.46. The largest absolute Gasteiger partial charge is 0.314 e. The lowest BCUT2D eigenvalue weighted by Crippen LogP contribution is -2.60. The lowest BCUT2D eigenvalue weighted by molar-refractivity contribution is 0.0538. The predicted molar refractivity (Wildman–Crippen MR) is 67.2 cm³/mol. The number of rotatable bonds is 5. The number of hydrogen-bond donors (Lipinski definition) is 1. The zero-order valence-electron chi connectivity index (χ0n) is 11.0. The molecule has 0 saturated carbocycles. The SMILES string of the molecule is CCC(CC)CN1CCNCC1(C)CC. The molecule has 1 unspecified atom stereocenters. The molecule has 90 valence electrons. The van der Waals surface area contributed by atoms with Gasteiger partial charge >= 0.3 is 0 Å². The molecule has 1 saturated heterocycles. The van der Waals surface area contributed by atoms with Crippen LogP contribution in [0, 0.1) is 5.92 Å². The second-order valence-corrected chi connectivity index (χ2v) is 5.16. The van der Waals surface area contributed by atoms with Crippen LogP contribution in [0.4, 0.5) is 0 Å². The minimum atomic E-state index is 0.390. The average molecular weight is 212 g/mol. The number of nitrogens with one attached hydrogen (secondary N) is 1. The van der Waals surface area contributed by atoms with Gasteiger partial charge in [0.15, 0.2) is 0 Å². The summed E-state index contributed by atoms with van der Waals surface area (Å²) < 4.78 is 0. The maximum absolute atomic E-state index is 3.52. The van der Waals surface area contributed by atoms with Crippen molar-refractivity contribution in [2.24, 2.45) is 5.92 Å². The monoisotopic (exact) mass is 212 g/mol. The lowest BCUT2D eigenvalue weighted by atomic mass is 9.91. The maximum Gasteiger partial charge on any atom is 0.0303 e. The molecule has 1 N–H and O–H groups in total. The van der Waals surface area contributed by atoms with Crippen molar-refractivity contribution in [3.63, 3.8) is 0 Å².